The Bertz CT molecular complexity index is 1040. The van der Waals surface area contributed by atoms with Gasteiger partial charge in [-0.25, -0.2) is 0 Å². The number of carbonyl (C=O) groups excluding carboxylic acids is 1. The molecule has 0 spiro atoms. The van der Waals surface area contributed by atoms with E-state index in [-0.39, 0.29) is 11.8 Å². The van der Waals surface area contributed by atoms with E-state index >= 15 is 0 Å². The second-order valence-electron chi connectivity index (χ2n) is 6.67. The summed E-state index contributed by atoms with van der Waals surface area (Å²) in [5.41, 5.74) is 1.17. The van der Waals surface area contributed by atoms with Crippen molar-refractivity contribution in [3.63, 3.8) is 0 Å². The number of halogens is 2. The van der Waals surface area contributed by atoms with Crippen LogP contribution in [0.4, 0.5) is 11.5 Å². The molecule has 4 rings (SSSR count). The summed E-state index contributed by atoms with van der Waals surface area (Å²) in [6.45, 7) is 3.82. The first-order valence-electron chi connectivity index (χ1n) is 9.28. The number of nitrogens with one attached hydrogen (secondary N) is 1. The maximum absolute atomic E-state index is 12.8. The predicted octanol–water partition coefficient (Wildman–Crippen LogP) is 3.19. The number of benzene rings is 1. The molecule has 0 unspecified atom stereocenters. The summed E-state index contributed by atoms with van der Waals surface area (Å²) in [4.78, 5) is 15.0. The summed E-state index contributed by atoms with van der Waals surface area (Å²) < 4.78 is 7.77. The van der Waals surface area contributed by atoms with Gasteiger partial charge in [-0.3, -0.25) is 4.79 Å². The molecule has 0 saturated carbocycles. The van der Waals surface area contributed by atoms with Crippen LogP contribution in [0.1, 0.15) is 19.8 Å². The molecule has 1 amide bonds. The number of piperidine rings is 1. The molecule has 1 aromatic carbocycles. The molecule has 2 aromatic heterocycles. The molecule has 0 radical (unpaired) electrons. The minimum absolute atomic E-state index is 0.0383. The van der Waals surface area contributed by atoms with Gasteiger partial charge in [-0.15, -0.1) is 14.8 Å². The predicted molar refractivity (Wildman–Crippen MR) is 112 cm³/mol. The third-order valence-corrected chi connectivity index (χ3v) is 5.61. The topological polar surface area (TPSA) is 97.5 Å². The van der Waals surface area contributed by atoms with Crippen molar-refractivity contribution in [1.29, 1.82) is 0 Å². The van der Waals surface area contributed by atoms with E-state index in [9.17, 15) is 4.79 Å². The Kier molecular flexibility index (Phi) is 5.81. The van der Waals surface area contributed by atoms with Crippen LogP contribution in [0.2, 0.25) is 5.02 Å². The molecule has 0 bridgehead atoms. The second-order valence-corrected chi connectivity index (χ2v) is 7.96. The van der Waals surface area contributed by atoms with Crippen molar-refractivity contribution in [1.82, 2.24) is 25.3 Å². The van der Waals surface area contributed by atoms with E-state index < -0.39 is 0 Å². The maximum Gasteiger partial charge on any atom is 0.227 e. The number of carbonyl (C=O) groups is 1. The van der Waals surface area contributed by atoms with Crippen LogP contribution in [0.5, 0.6) is 5.75 Å². The van der Waals surface area contributed by atoms with E-state index in [1.807, 2.05) is 19.1 Å². The molecule has 1 saturated heterocycles. The summed E-state index contributed by atoms with van der Waals surface area (Å²) in [6, 6.07) is 7.17. The molecule has 0 atom stereocenters. The first-order valence-corrected chi connectivity index (χ1v) is 10.5. The highest BCUT2D eigenvalue weighted by Crippen LogP contribution is 2.37. The number of hydrogen-bond donors (Lipinski definition) is 1. The van der Waals surface area contributed by atoms with Gasteiger partial charge in [0.05, 0.1) is 16.8 Å². The SMILES string of the molecule is CCOc1c(Br)cc(Cl)cc1NC(=O)C1CCN(c2ccc3nnnn3n2)CC1. The maximum atomic E-state index is 12.8. The zero-order valence-corrected chi connectivity index (χ0v) is 18.0. The van der Waals surface area contributed by atoms with Crippen molar-refractivity contribution in [3.05, 3.63) is 33.8 Å². The van der Waals surface area contributed by atoms with E-state index in [0.717, 1.165) is 18.9 Å². The van der Waals surface area contributed by atoms with Crippen LogP contribution in [-0.4, -0.2) is 50.9 Å². The fourth-order valence-corrected chi connectivity index (χ4v) is 4.28. The number of amides is 1. The molecule has 1 N–H and O–H groups in total. The lowest BCUT2D eigenvalue weighted by Crippen LogP contribution is -2.38. The normalized spacial score (nSPS) is 14.9. The molecule has 0 aliphatic carbocycles. The zero-order chi connectivity index (χ0) is 20.4. The number of anilines is 2. The number of ether oxygens (including phenoxy) is 1. The number of hydrogen-bond acceptors (Lipinski definition) is 7. The van der Waals surface area contributed by atoms with Crippen molar-refractivity contribution in [2.45, 2.75) is 19.8 Å². The lowest BCUT2D eigenvalue weighted by Gasteiger charge is -2.32. The van der Waals surface area contributed by atoms with Crippen LogP contribution in [0, 0.1) is 5.92 Å². The van der Waals surface area contributed by atoms with Gasteiger partial charge in [-0.05, 0) is 70.4 Å². The van der Waals surface area contributed by atoms with Crippen molar-refractivity contribution >= 4 is 50.6 Å². The fourth-order valence-electron chi connectivity index (χ4n) is 3.36. The van der Waals surface area contributed by atoms with Crippen LogP contribution in [-0.2, 0) is 4.79 Å². The molecule has 152 valence electrons. The van der Waals surface area contributed by atoms with Crippen molar-refractivity contribution in [2.75, 3.05) is 29.9 Å². The van der Waals surface area contributed by atoms with Gasteiger partial charge in [0, 0.05) is 24.0 Å². The standard InChI is InChI=1S/C18H19BrClN7O2/c1-2-29-17-13(19)9-12(20)10-14(17)21-18(28)11-5-7-26(8-6-11)16-4-3-15-22-24-25-27(15)23-16/h3-4,9-11H,2,5-8H2,1H3,(H,21,28). The number of fused-ring (bicyclic) bond motifs is 1. The zero-order valence-electron chi connectivity index (χ0n) is 15.7. The lowest BCUT2D eigenvalue weighted by atomic mass is 9.95. The fraction of sp³-hybridized carbons (Fsp3) is 0.389. The molecule has 11 heteroatoms. The smallest absolute Gasteiger partial charge is 0.227 e. The van der Waals surface area contributed by atoms with E-state index in [2.05, 4.69) is 46.8 Å². The monoisotopic (exact) mass is 479 g/mol. The van der Waals surface area contributed by atoms with Gasteiger partial charge < -0.3 is 15.0 Å². The van der Waals surface area contributed by atoms with E-state index in [1.54, 1.807) is 12.1 Å². The highest BCUT2D eigenvalue weighted by Gasteiger charge is 2.27. The highest BCUT2D eigenvalue weighted by atomic mass is 79.9. The summed E-state index contributed by atoms with van der Waals surface area (Å²) in [5, 5.41) is 19.2. The summed E-state index contributed by atoms with van der Waals surface area (Å²) in [5.74, 6) is 1.24. The van der Waals surface area contributed by atoms with Gasteiger partial charge >= 0.3 is 0 Å². The Morgan fingerprint density at radius 3 is 2.90 bits per heavy atom. The third-order valence-electron chi connectivity index (χ3n) is 4.80. The minimum Gasteiger partial charge on any atom is -0.491 e. The lowest BCUT2D eigenvalue weighted by molar-refractivity contribution is -0.120. The molecular formula is C18H19BrClN7O2. The number of nitrogens with zero attached hydrogens (tertiary/aromatic N) is 6. The summed E-state index contributed by atoms with van der Waals surface area (Å²) >= 11 is 9.59. The molecular weight excluding hydrogens is 462 g/mol. The molecule has 29 heavy (non-hydrogen) atoms. The average molecular weight is 481 g/mol. The van der Waals surface area contributed by atoms with Crippen molar-refractivity contribution < 1.29 is 9.53 Å². The molecule has 1 fully saturated rings. The molecule has 9 nitrogen and oxygen atoms in total. The van der Waals surface area contributed by atoms with Gasteiger partial charge in [0.15, 0.2) is 17.2 Å². The van der Waals surface area contributed by atoms with E-state index in [4.69, 9.17) is 16.3 Å². The van der Waals surface area contributed by atoms with Gasteiger partial charge in [0.25, 0.3) is 0 Å². The Labute approximate surface area is 180 Å². The summed E-state index contributed by atoms with van der Waals surface area (Å²) in [6.07, 6.45) is 1.43. The van der Waals surface area contributed by atoms with Crippen LogP contribution in [0.25, 0.3) is 5.65 Å². The Hall–Kier alpha value is -2.46. The number of rotatable bonds is 5. The second kappa shape index (κ2) is 8.50. The summed E-state index contributed by atoms with van der Waals surface area (Å²) in [7, 11) is 0. The largest absolute Gasteiger partial charge is 0.491 e. The first-order chi connectivity index (χ1) is 14.0. The Morgan fingerprint density at radius 1 is 1.34 bits per heavy atom. The molecule has 1 aliphatic heterocycles. The van der Waals surface area contributed by atoms with Crippen LogP contribution in [0.15, 0.2) is 28.7 Å². The number of aromatic nitrogens is 5. The molecule has 3 aromatic rings. The van der Waals surface area contributed by atoms with E-state index in [1.165, 1.54) is 4.63 Å². The molecule has 1 aliphatic rings. The number of tetrazole rings is 1. The quantitative estimate of drug-likeness (QED) is 0.599. The van der Waals surface area contributed by atoms with Gasteiger partial charge in [0.1, 0.15) is 0 Å². The van der Waals surface area contributed by atoms with Gasteiger partial charge in [-0.1, -0.05) is 11.6 Å². The van der Waals surface area contributed by atoms with Crippen molar-refractivity contribution in [2.24, 2.45) is 5.92 Å². The van der Waals surface area contributed by atoms with Crippen LogP contribution < -0.4 is 15.0 Å². The van der Waals surface area contributed by atoms with Crippen LogP contribution >= 0.6 is 27.5 Å². The average Bonchev–Trinajstić information content (AvgIpc) is 3.18. The Morgan fingerprint density at radius 2 is 2.14 bits per heavy atom. The third kappa shape index (κ3) is 4.27. The molecule has 3 heterocycles. The first kappa shape index (κ1) is 19.8. The van der Waals surface area contributed by atoms with Gasteiger partial charge in [-0.2, -0.15) is 0 Å². The van der Waals surface area contributed by atoms with Crippen molar-refractivity contribution in [3.8, 4) is 5.75 Å². The van der Waals surface area contributed by atoms with Gasteiger partial charge in [0.2, 0.25) is 5.91 Å². The minimum atomic E-state index is -0.102. The highest BCUT2D eigenvalue weighted by molar-refractivity contribution is 9.10. The van der Waals surface area contributed by atoms with E-state index in [0.29, 0.717) is 46.0 Å². The van der Waals surface area contributed by atoms with Crippen LogP contribution in [0.3, 0.4) is 0 Å². The Balaban J connectivity index is 1.41.